The maximum Gasteiger partial charge on any atom is 0.262 e. The molecule has 0 spiro atoms. The van der Waals surface area contributed by atoms with Crippen LogP contribution in [0.5, 0.6) is 0 Å². The van der Waals surface area contributed by atoms with Gasteiger partial charge in [0.25, 0.3) is 11.8 Å². The largest absolute Gasteiger partial charge is 0.308 e. The number of nitrogens with one attached hydrogen (secondary N) is 1. The number of imide groups is 1. The van der Waals surface area contributed by atoms with Crippen LogP contribution in [0.1, 0.15) is 44.3 Å². The summed E-state index contributed by atoms with van der Waals surface area (Å²) in [5.41, 5.74) is 3.35. The highest BCUT2D eigenvalue weighted by molar-refractivity contribution is 6.23. The molecule has 2 aromatic carbocycles. The van der Waals surface area contributed by atoms with Gasteiger partial charge in [0.05, 0.1) is 22.8 Å². The monoisotopic (exact) mass is 464 g/mol. The predicted molar refractivity (Wildman–Crippen MR) is 128 cm³/mol. The molecular weight excluding hydrogens is 444 g/mol. The van der Waals surface area contributed by atoms with E-state index in [9.17, 15) is 19.6 Å². The standard InChI is InChI=1S/C26H20N6O3/c1-14-7-6-10-18-15(2)11-21(29-22(14)18)32-23(17(12-27)13-28-32)30-24(33)16(3)31-25(34)19-8-4-5-9-20(19)26(31)35/h4-11,13,16H,1-3H3,(H,30,33). The van der Waals surface area contributed by atoms with Crippen molar-refractivity contribution in [3.05, 3.63) is 82.5 Å². The van der Waals surface area contributed by atoms with Crippen LogP contribution in [0.15, 0.2) is 54.7 Å². The topological polar surface area (TPSA) is 121 Å². The van der Waals surface area contributed by atoms with Gasteiger partial charge in [0.15, 0.2) is 11.6 Å². The third-order valence-electron chi connectivity index (χ3n) is 6.18. The second-order valence-corrected chi connectivity index (χ2v) is 8.39. The lowest BCUT2D eigenvalue weighted by atomic mass is 10.1. The SMILES string of the molecule is Cc1cc(-n2ncc(C#N)c2NC(=O)C(C)N2C(=O)c3ccccc3C2=O)nc2c(C)cccc12. The van der Waals surface area contributed by atoms with Gasteiger partial charge in [-0.25, -0.2) is 4.98 Å². The average molecular weight is 464 g/mol. The van der Waals surface area contributed by atoms with E-state index in [0.29, 0.717) is 5.82 Å². The van der Waals surface area contributed by atoms with Gasteiger partial charge in [-0.2, -0.15) is 15.0 Å². The highest BCUT2D eigenvalue weighted by atomic mass is 16.2. The number of aryl methyl sites for hydroxylation is 2. The minimum atomic E-state index is -1.12. The first-order valence-corrected chi connectivity index (χ1v) is 10.9. The molecule has 35 heavy (non-hydrogen) atoms. The third kappa shape index (κ3) is 3.43. The molecule has 1 aliphatic heterocycles. The summed E-state index contributed by atoms with van der Waals surface area (Å²) in [7, 11) is 0. The predicted octanol–water partition coefficient (Wildman–Crippen LogP) is 3.53. The summed E-state index contributed by atoms with van der Waals surface area (Å²) >= 11 is 0. The quantitative estimate of drug-likeness (QED) is 0.461. The number of carbonyl (C=O) groups is 3. The van der Waals surface area contributed by atoms with Crippen LogP contribution < -0.4 is 5.32 Å². The Morgan fingerprint density at radius 3 is 2.37 bits per heavy atom. The molecule has 3 heterocycles. The van der Waals surface area contributed by atoms with E-state index in [-0.39, 0.29) is 22.5 Å². The van der Waals surface area contributed by atoms with Crippen molar-refractivity contribution in [2.45, 2.75) is 26.8 Å². The number of benzene rings is 2. The Hall–Kier alpha value is -4.84. The zero-order valence-electron chi connectivity index (χ0n) is 19.2. The highest BCUT2D eigenvalue weighted by Crippen LogP contribution is 2.27. The summed E-state index contributed by atoms with van der Waals surface area (Å²) in [5, 5.41) is 17.6. The molecule has 1 aliphatic rings. The number of fused-ring (bicyclic) bond motifs is 2. The normalized spacial score (nSPS) is 13.6. The Balaban J connectivity index is 1.50. The molecule has 9 nitrogen and oxygen atoms in total. The summed E-state index contributed by atoms with van der Waals surface area (Å²) in [4.78, 5) is 44.4. The second-order valence-electron chi connectivity index (χ2n) is 8.39. The molecule has 0 aliphatic carbocycles. The van der Waals surface area contributed by atoms with Crippen LogP contribution in [0.3, 0.4) is 0 Å². The van der Waals surface area contributed by atoms with Gasteiger partial charge in [-0.1, -0.05) is 30.3 Å². The van der Waals surface area contributed by atoms with Crippen LogP contribution in [0.25, 0.3) is 16.7 Å². The Bertz CT molecular complexity index is 1560. The smallest absolute Gasteiger partial charge is 0.262 e. The van der Waals surface area contributed by atoms with Crippen LogP contribution in [0.4, 0.5) is 5.82 Å². The molecule has 1 unspecified atom stereocenters. The molecule has 5 rings (SSSR count). The molecule has 1 atom stereocenters. The van der Waals surface area contributed by atoms with Crippen LogP contribution >= 0.6 is 0 Å². The maximum absolute atomic E-state index is 13.2. The summed E-state index contributed by atoms with van der Waals surface area (Å²) in [5.74, 6) is -1.17. The minimum Gasteiger partial charge on any atom is -0.308 e. The Labute approximate surface area is 200 Å². The lowest BCUT2D eigenvalue weighted by Gasteiger charge is -2.22. The molecule has 0 bridgehead atoms. The number of anilines is 1. The molecular formula is C26H20N6O3. The van der Waals surface area contributed by atoms with Gasteiger partial charge in [-0.3, -0.25) is 19.3 Å². The molecule has 9 heteroatoms. The summed E-state index contributed by atoms with van der Waals surface area (Å²) in [6.45, 7) is 5.37. The summed E-state index contributed by atoms with van der Waals surface area (Å²) < 4.78 is 1.38. The maximum atomic E-state index is 13.2. The van der Waals surface area contributed by atoms with Crippen molar-refractivity contribution >= 4 is 34.4 Å². The number of rotatable bonds is 4. The van der Waals surface area contributed by atoms with Gasteiger partial charge in [0.2, 0.25) is 5.91 Å². The van der Waals surface area contributed by atoms with Crippen LogP contribution in [-0.4, -0.2) is 43.4 Å². The van der Waals surface area contributed by atoms with Crippen molar-refractivity contribution in [1.82, 2.24) is 19.7 Å². The van der Waals surface area contributed by atoms with Crippen LogP contribution in [0, 0.1) is 25.2 Å². The van der Waals surface area contributed by atoms with Gasteiger partial charge < -0.3 is 5.32 Å². The van der Waals surface area contributed by atoms with Crippen molar-refractivity contribution in [2.24, 2.45) is 0 Å². The number of hydrogen-bond donors (Lipinski definition) is 1. The fraction of sp³-hybridized carbons (Fsp3) is 0.154. The molecule has 0 saturated heterocycles. The van der Waals surface area contributed by atoms with Gasteiger partial charge in [0.1, 0.15) is 17.7 Å². The summed E-state index contributed by atoms with van der Waals surface area (Å²) in [6, 6.07) is 15.0. The molecule has 0 fully saturated rings. The van der Waals surface area contributed by atoms with E-state index >= 15 is 0 Å². The molecule has 1 N–H and O–H groups in total. The molecule has 0 saturated carbocycles. The van der Waals surface area contributed by atoms with E-state index in [2.05, 4.69) is 10.4 Å². The number of amides is 3. The van der Waals surface area contributed by atoms with Gasteiger partial charge in [-0.05, 0) is 50.1 Å². The number of pyridine rings is 1. The first-order valence-electron chi connectivity index (χ1n) is 10.9. The second kappa shape index (κ2) is 8.18. The van der Waals surface area contributed by atoms with E-state index in [4.69, 9.17) is 4.98 Å². The molecule has 2 aromatic heterocycles. The van der Waals surface area contributed by atoms with E-state index in [1.807, 2.05) is 44.2 Å². The first kappa shape index (κ1) is 22.0. The average Bonchev–Trinajstić information content (AvgIpc) is 3.37. The van der Waals surface area contributed by atoms with E-state index in [1.54, 1.807) is 24.3 Å². The first-order chi connectivity index (χ1) is 16.8. The molecule has 0 radical (unpaired) electrons. The molecule has 3 amide bonds. The van der Waals surface area contributed by atoms with Gasteiger partial charge in [0, 0.05) is 5.39 Å². The van der Waals surface area contributed by atoms with E-state index < -0.39 is 23.8 Å². The van der Waals surface area contributed by atoms with Crippen molar-refractivity contribution in [3.63, 3.8) is 0 Å². The number of para-hydroxylation sites is 1. The molecule has 172 valence electrons. The van der Waals surface area contributed by atoms with E-state index in [0.717, 1.165) is 26.9 Å². The number of nitriles is 1. The van der Waals surface area contributed by atoms with E-state index in [1.165, 1.54) is 17.8 Å². The van der Waals surface area contributed by atoms with Gasteiger partial charge in [-0.15, -0.1) is 0 Å². The van der Waals surface area contributed by atoms with Crippen molar-refractivity contribution < 1.29 is 14.4 Å². The fourth-order valence-electron chi connectivity index (χ4n) is 4.27. The van der Waals surface area contributed by atoms with Crippen LogP contribution in [-0.2, 0) is 4.79 Å². The van der Waals surface area contributed by atoms with Crippen molar-refractivity contribution in [1.29, 1.82) is 5.26 Å². The zero-order chi connectivity index (χ0) is 24.9. The van der Waals surface area contributed by atoms with Crippen molar-refractivity contribution in [2.75, 3.05) is 5.32 Å². The number of nitrogens with zero attached hydrogens (tertiary/aromatic N) is 5. The minimum absolute atomic E-state index is 0.112. The van der Waals surface area contributed by atoms with Gasteiger partial charge >= 0.3 is 0 Å². The third-order valence-corrected chi connectivity index (χ3v) is 6.18. The highest BCUT2D eigenvalue weighted by Gasteiger charge is 2.41. The lowest BCUT2D eigenvalue weighted by Crippen LogP contribution is -2.45. The number of carbonyl (C=O) groups excluding carboxylic acids is 3. The number of aromatic nitrogens is 3. The number of hydrogen-bond acceptors (Lipinski definition) is 6. The fourth-order valence-corrected chi connectivity index (χ4v) is 4.27. The zero-order valence-corrected chi connectivity index (χ0v) is 19.2. The van der Waals surface area contributed by atoms with Crippen molar-refractivity contribution in [3.8, 4) is 11.9 Å². The Morgan fingerprint density at radius 1 is 1.03 bits per heavy atom. The molecule has 4 aromatic rings. The van der Waals surface area contributed by atoms with Crippen LogP contribution in [0.2, 0.25) is 0 Å². The summed E-state index contributed by atoms with van der Waals surface area (Å²) in [6.07, 6.45) is 1.33. The Kier molecular flexibility index (Phi) is 5.14. The lowest BCUT2D eigenvalue weighted by molar-refractivity contribution is -0.119. The Morgan fingerprint density at radius 2 is 1.71 bits per heavy atom.